The number of carbonyl (C=O) groups excluding carboxylic acids is 2. The third-order valence-electron chi connectivity index (χ3n) is 3.98. The van der Waals surface area contributed by atoms with Gasteiger partial charge in [0.1, 0.15) is 5.75 Å². The van der Waals surface area contributed by atoms with Crippen LogP contribution in [-0.2, 0) is 4.79 Å². The Balaban J connectivity index is 1.29. The first-order valence-corrected chi connectivity index (χ1v) is 10.6. The van der Waals surface area contributed by atoms with Gasteiger partial charge in [-0.2, -0.15) is 0 Å². The molecule has 0 aliphatic carbocycles. The molecule has 1 aliphatic heterocycles. The van der Waals surface area contributed by atoms with Crippen LogP contribution in [0.1, 0.15) is 16.8 Å². The number of Topliss-reactive ketones (excluding diaryl/α,β-unsaturated/α-hetero) is 1. The molecule has 1 N–H and O–H groups in total. The van der Waals surface area contributed by atoms with Crippen molar-refractivity contribution in [3.63, 3.8) is 0 Å². The van der Waals surface area contributed by atoms with Crippen LogP contribution in [0.25, 0.3) is 0 Å². The second kappa shape index (κ2) is 8.97. The Bertz CT molecular complexity index is 1070. The van der Waals surface area contributed by atoms with Crippen molar-refractivity contribution in [2.24, 2.45) is 4.99 Å². The zero-order valence-electron chi connectivity index (χ0n) is 15.2. The minimum Gasteiger partial charge on any atom is -0.484 e. The van der Waals surface area contributed by atoms with E-state index in [-0.39, 0.29) is 18.3 Å². The highest BCUT2D eigenvalue weighted by molar-refractivity contribution is 8.01. The first kappa shape index (κ1) is 19.3. The van der Waals surface area contributed by atoms with Crippen LogP contribution in [0.3, 0.4) is 0 Å². The van der Waals surface area contributed by atoms with Gasteiger partial charge in [-0.1, -0.05) is 53.4 Å². The van der Waals surface area contributed by atoms with E-state index in [4.69, 9.17) is 4.74 Å². The number of nitrogens with zero attached hydrogens (tertiary/aromatic N) is 3. The minimum atomic E-state index is -0.305. The molecule has 0 fully saturated rings. The molecule has 4 rings (SSSR count). The Labute approximate surface area is 175 Å². The monoisotopic (exact) mass is 424 g/mol. The summed E-state index contributed by atoms with van der Waals surface area (Å²) < 4.78 is 6.10. The number of thioether (sulfide) groups is 1. The van der Waals surface area contributed by atoms with Crippen LogP contribution >= 0.6 is 23.1 Å². The number of hydrogen-bond donors (Lipinski definition) is 1. The van der Waals surface area contributed by atoms with Gasteiger partial charge in [-0.05, 0) is 24.3 Å². The zero-order valence-corrected chi connectivity index (χ0v) is 16.8. The number of nitrogens with one attached hydrogen (secondary N) is 1. The topological polar surface area (TPSA) is 93.5 Å². The van der Waals surface area contributed by atoms with E-state index >= 15 is 0 Å². The Hall–Kier alpha value is -3.04. The molecule has 1 aliphatic rings. The highest BCUT2D eigenvalue weighted by Crippen LogP contribution is 2.30. The fraction of sp³-hybridized carbons (Fsp3) is 0.150. The molecule has 146 valence electrons. The third kappa shape index (κ3) is 5.07. The first-order valence-electron chi connectivity index (χ1n) is 8.80. The lowest BCUT2D eigenvalue weighted by molar-refractivity contribution is -0.118. The molecule has 0 saturated heterocycles. The summed E-state index contributed by atoms with van der Waals surface area (Å²) in [6.45, 7) is -0.107. The van der Waals surface area contributed by atoms with Crippen LogP contribution in [0.4, 0.5) is 10.8 Å². The summed E-state index contributed by atoms with van der Waals surface area (Å²) in [5.41, 5.74) is 2.18. The number of anilines is 1. The Morgan fingerprint density at radius 3 is 2.76 bits per heavy atom. The van der Waals surface area contributed by atoms with Gasteiger partial charge < -0.3 is 4.74 Å². The van der Waals surface area contributed by atoms with Gasteiger partial charge in [0.05, 0.1) is 12.1 Å². The predicted molar refractivity (Wildman–Crippen MR) is 114 cm³/mol. The summed E-state index contributed by atoms with van der Waals surface area (Å²) in [5.74, 6) is 0.940. The van der Waals surface area contributed by atoms with Gasteiger partial charge in [-0.3, -0.25) is 19.9 Å². The maximum atomic E-state index is 12.2. The number of aliphatic imine (C=N–C) groups is 1. The van der Waals surface area contributed by atoms with Crippen molar-refractivity contribution in [1.82, 2.24) is 10.2 Å². The van der Waals surface area contributed by atoms with Crippen LogP contribution in [0.5, 0.6) is 5.75 Å². The lowest BCUT2D eigenvalue weighted by atomic mass is 10.0. The van der Waals surface area contributed by atoms with Gasteiger partial charge in [0.15, 0.2) is 16.7 Å². The molecule has 0 radical (unpaired) electrons. The third-order valence-corrected chi connectivity index (χ3v) is 6.02. The summed E-state index contributed by atoms with van der Waals surface area (Å²) in [6, 6.07) is 16.5. The molecule has 0 unspecified atom stereocenters. The van der Waals surface area contributed by atoms with Crippen LogP contribution in [0.15, 0.2) is 63.9 Å². The number of rotatable bonds is 7. The van der Waals surface area contributed by atoms with Gasteiger partial charge in [-0.15, -0.1) is 10.2 Å². The molecule has 7 nitrogen and oxygen atoms in total. The first-order chi connectivity index (χ1) is 14.2. The lowest BCUT2D eigenvalue weighted by Crippen LogP contribution is -2.20. The number of carbonyl (C=O) groups is 2. The maximum Gasteiger partial charge on any atom is 0.264 e. The molecule has 3 aromatic rings. The number of para-hydroxylation sites is 2. The normalized spacial score (nSPS) is 12.8. The molecule has 0 atom stereocenters. The lowest BCUT2D eigenvalue weighted by Gasteiger charge is -2.13. The summed E-state index contributed by atoms with van der Waals surface area (Å²) in [4.78, 5) is 28.8. The number of benzene rings is 2. The van der Waals surface area contributed by atoms with Crippen LogP contribution in [0.2, 0.25) is 0 Å². The van der Waals surface area contributed by atoms with Crippen molar-refractivity contribution in [3.05, 3.63) is 60.2 Å². The summed E-state index contributed by atoms with van der Waals surface area (Å²) in [6.07, 6.45) is 0.309. The SMILES string of the molecule is O=C(COc1ccccc1)Nc1nnc(SCC2=Nc3ccccc3C(=O)C2)s1. The van der Waals surface area contributed by atoms with Crippen LogP contribution in [-0.4, -0.2) is 40.0 Å². The van der Waals surface area contributed by atoms with Crippen molar-refractivity contribution in [2.45, 2.75) is 10.8 Å². The molecular weight excluding hydrogens is 408 g/mol. The maximum absolute atomic E-state index is 12.2. The molecule has 29 heavy (non-hydrogen) atoms. The molecule has 2 aromatic carbocycles. The predicted octanol–water partition coefficient (Wildman–Crippen LogP) is 4.01. The average molecular weight is 425 g/mol. The van der Waals surface area contributed by atoms with Crippen molar-refractivity contribution in [3.8, 4) is 5.75 Å². The van der Waals surface area contributed by atoms with E-state index < -0.39 is 0 Å². The van der Waals surface area contributed by atoms with E-state index in [1.807, 2.05) is 36.4 Å². The summed E-state index contributed by atoms with van der Waals surface area (Å²) >= 11 is 2.71. The number of fused-ring (bicyclic) bond motifs is 1. The zero-order chi connectivity index (χ0) is 20.1. The van der Waals surface area contributed by atoms with Crippen molar-refractivity contribution in [1.29, 1.82) is 0 Å². The van der Waals surface area contributed by atoms with Crippen LogP contribution in [0, 0.1) is 0 Å². The van der Waals surface area contributed by atoms with Crippen molar-refractivity contribution >= 4 is 51.3 Å². The van der Waals surface area contributed by atoms with E-state index in [2.05, 4.69) is 20.5 Å². The second-order valence-corrected chi connectivity index (χ2v) is 8.31. The van der Waals surface area contributed by atoms with E-state index in [0.29, 0.717) is 38.6 Å². The summed E-state index contributed by atoms with van der Waals surface area (Å²) in [5, 5.41) is 11.1. The number of amides is 1. The van der Waals surface area contributed by atoms with Gasteiger partial charge in [0.2, 0.25) is 5.13 Å². The number of ketones is 1. The van der Waals surface area contributed by atoms with E-state index in [1.54, 1.807) is 18.2 Å². The van der Waals surface area contributed by atoms with Gasteiger partial charge in [-0.25, -0.2) is 0 Å². The fourth-order valence-corrected chi connectivity index (χ4v) is 4.36. The van der Waals surface area contributed by atoms with Crippen molar-refractivity contribution in [2.75, 3.05) is 17.7 Å². The molecule has 0 spiro atoms. The summed E-state index contributed by atoms with van der Waals surface area (Å²) in [7, 11) is 0. The number of ether oxygens (including phenoxy) is 1. The standard InChI is InChI=1S/C20H16N4O3S2/c25-17-10-13(21-16-9-5-4-8-15(16)17)12-28-20-24-23-19(29-20)22-18(26)11-27-14-6-2-1-3-7-14/h1-9H,10-12H2,(H,22,23,26). The molecule has 2 heterocycles. The Morgan fingerprint density at radius 2 is 1.90 bits per heavy atom. The minimum absolute atomic E-state index is 0.0785. The smallest absolute Gasteiger partial charge is 0.264 e. The Kier molecular flexibility index (Phi) is 5.97. The van der Waals surface area contributed by atoms with E-state index in [0.717, 1.165) is 5.71 Å². The van der Waals surface area contributed by atoms with Crippen molar-refractivity contribution < 1.29 is 14.3 Å². The average Bonchev–Trinajstić information content (AvgIpc) is 3.19. The highest BCUT2D eigenvalue weighted by Gasteiger charge is 2.20. The molecule has 9 heteroatoms. The number of aromatic nitrogens is 2. The molecule has 0 bridgehead atoms. The highest BCUT2D eigenvalue weighted by atomic mass is 32.2. The van der Waals surface area contributed by atoms with E-state index in [1.165, 1.54) is 23.1 Å². The quantitative estimate of drug-likeness (QED) is 0.455. The second-order valence-electron chi connectivity index (χ2n) is 6.11. The Morgan fingerprint density at radius 1 is 1.10 bits per heavy atom. The molecular formula is C20H16N4O3S2. The van der Waals surface area contributed by atoms with E-state index in [9.17, 15) is 9.59 Å². The fourth-order valence-electron chi connectivity index (χ4n) is 2.67. The molecule has 0 saturated carbocycles. The molecule has 1 amide bonds. The van der Waals surface area contributed by atoms with Crippen LogP contribution < -0.4 is 10.1 Å². The number of hydrogen-bond acceptors (Lipinski definition) is 8. The largest absolute Gasteiger partial charge is 0.484 e. The van der Waals surface area contributed by atoms with Gasteiger partial charge in [0, 0.05) is 17.0 Å². The van der Waals surface area contributed by atoms with Gasteiger partial charge in [0.25, 0.3) is 5.91 Å². The molecule has 1 aromatic heterocycles. The van der Waals surface area contributed by atoms with Gasteiger partial charge >= 0.3 is 0 Å².